The van der Waals surface area contributed by atoms with Crippen LogP contribution in [0.3, 0.4) is 0 Å². The highest BCUT2D eigenvalue weighted by molar-refractivity contribution is 5.57. The van der Waals surface area contributed by atoms with E-state index >= 15 is 0 Å². The largest absolute Gasteiger partial charge is 0.390 e. The van der Waals surface area contributed by atoms with Gasteiger partial charge < -0.3 is 5.11 Å². The smallest absolute Gasteiger partial charge is 0.206 e. The van der Waals surface area contributed by atoms with Crippen molar-refractivity contribution in [1.82, 2.24) is 0 Å². The number of hydrogen-bond acceptors (Lipinski definition) is 1. The molecule has 0 saturated carbocycles. The van der Waals surface area contributed by atoms with Crippen LogP contribution in [0.25, 0.3) is 12.2 Å². The number of nitrogens with zero attached hydrogens (tertiary/aromatic N) is 1. The molecule has 236 valence electrons. The third-order valence-corrected chi connectivity index (χ3v) is 9.03. The Bertz CT molecular complexity index is 1610. The minimum atomic E-state index is -3.08. The van der Waals surface area contributed by atoms with Crippen molar-refractivity contribution in [3.63, 3.8) is 0 Å². The Morgan fingerprint density at radius 3 is 1.89 bits per heavy atom. The van der Waals surface area contributed by atoms with Gasteiger partial charge >= 0.3 is 0 Å². The average Bonchev–Trinajstić information content (AvgIpc) is 2.95. The van der Waals surface area contributed by atoms with E-state index in [2.05, 4.69) is 91.8 Å². The molecule has 2 nitrogen and oxygen atoms in total. The molecule has 0 unspecified atom stereocenters. The van der Waals surface area contributed by atoms with Gasteiger partial charge in [0.2, 0.25) is 5.69 Å². The molecule has 0 saturated heterocycles. The van der Waals surface area contributed by atoms with Crippen molar-refractivity contribution in [3.8, 4) is 0 Å². The predicted molar refractivity (Wildman–Crippen MR) is 192 cm³/mol. The Labute approximate surface area is 275 Å². The SMILES string of the molecule is [2H]C([2H])(O)C([2H])([2H])[n+]1ccc(/C=C/C=C(C)/C=C/C2=C(C)CCCC2(C)C)cc1/C=C(C)/C=C/C=C(C)/C=C/C1=C(C)CCCC1(C)C. The first-order valence-corrected chi connectivity index (χ1v) is 16.2. The van der Waals surface area contributed by atoms with Gasteiger partial charge in [-0.1, -0.05) is 111 Å². The highest BCUT2D eigenvalue weighted by atomic mass is 16.3. The van der Waals surface area contributed by atoms with Crippen LogP contribution in [0.15, 0.2) is 112 Å². The molecule has 0 atom stereocenters. The van der Waals surface area contributed by atoms with Gasteiger partial charge in [0.05, 0.1) is 2.74 Å². The second-order valence-corrected chi connectivity index (χ2v) is 13.9. The minimum absolute atomic E-state index is 0.191. The highest BCUT2D eigenvalue weighted by Gasteiger charge is 2.27. The lowest BCUT2D eigenvalue weighted by Crippen LogP contribution is -2.38. The fraction of sp³-hybridized carbons (Fsp3) is 0.452. The van der Waals surface area contributed by atoms with Gasteiger partial charge in [-0.15, -0.1) is 0 Å². The molecule has 3 rings (SSSR count). The molecule has 2 heteroatoms. The van der Waals surface area contributed by atoms with E-state index in [-0.39, 0.29) is 10.8 Å². The van der Waals surface area contributed by atoms with Gasteiger partial charge in [0, 0.05) is 18.2 Å². The molecule has 44 heavy (non-hydrogen) atoms. The molecule has 0 fully saturated rings. The molecular formula is C42H58NO+. The number of pyridine rings is 1. The lowest BCUT2D eigenvalue weighted by Gasteiger charge is -2.33. The van der Waals surface area contributed by atoms with Crippen LogP contribution in [0, 0.1) is 10.8 Å². The van der Waals surface area contributed by atoms with Crippen molar-refractivity contribution in [2.24, 2.45) is 10.8 Å². The number of aliphatic hydroxyl groups is 1. The second-order valence-electron chi connectivity index (χ2n) is 13.9. The summed E-state index contributed by atoms with van der Waals surface area (Å²) >= 11 is 0. The number of aryl methyl sites for hydroxylation is 1. The predicted octanol–water partition coefficient (Wildman–Crippen LogP) is 11.0. The van der Waals surface area contributed by atoms with Gasteiger partial charge in [-0.3, -0.25) is 0 Å². The summed E-state index contributed by atoms with van der Waals surface area (Å²) in [5.74, 6) is 0. The van der Waals surface area contributed by atoms with E-state index in [9.17, 15) is 5.11 Å². The summed E-state index contributed by atoms with van der Waals surface area (Å²) in [5.41, 5.74) is 10.5. The summed E-state index contributed by atoms with van der Waals surface area (Å²) in [4.78, 5) is 0. The third kappa shape index (κ3) is 10.4. The second kappa shape index (κ2) is 16.2. The van der Waals surface area contributed by atoms with Gasteiger partial charge in [-0.25, -0.2) is 0 Å². The van der Waals surface area contributed by atoms with Crippen LogP contribution in [0.1, 0.15) is 118 Å². The first-order valence-electron chi connectivity index (χ1n) is 18.2. The fourth-order valence-corrected chi connectivity index (χ4v) is 6.41. The van der Waals surface area contributed by atoms with E-state index in [4.69, 9.17) is 5.48 Å². The summed E-state index contributed by atoms with van der Waals surface area (Å²) in [7, 11) is 0. The zero-order chi connectivity index (χ0) is 35.9. The molecule has 2 aliphatic rings. The van der Waals surface area contributed by atoms with Crippen molar-refractivity contribution in [1.29, 1.82) is 0 Å². The quantitative estimate of drug-likeness (QED) is 0.199. The minimum Gasteiger partial charge on any atom is -0.390 e. The fourth-order valence-electron chi connectivity index (χ4n) is 6.41. The van der Waals surface area contributed by atoms with E-state index in [1.807, 2.05) is 31.2 Å². The maximum Gasteiger partial charge on any atom is 0.206 e. The van der Waals surface area contributed by atoms with E-state index in [0.29, 0.717) is 5.69 Å². The topological polar surface area (TPSA) is 24.1 Å². The number of hydrogen-bond donors (Lipinski definition) is 1. The standard InChI is InChI=1S/C42H58NO/c1-32(20-22-39-35(4)17-12-25-41(39,6)7)14-10-16-34(3)30-38-31-37(24-27-43(38)28-29-44)19-11-15-33(2)21-23-40-36(5)18-13-26-42(40,8)9/h10-11,14-16,19-24,27,30-31,44H,12-13,17-18,25-26,28-29H2,1-9H3/q+1/b16-10+,19-11+,22-20+,23-21+,32-14+,33-15+,34-30+/i28D2,29D2. The van der Waals surface area contributed by atoms with Crippen molar-refractivity contribution >= 4 is 12.2 Å². The Morgan fingerprint density at radius 1 is 0.818 bits per heavy atom. The van der Waals surface area contributed by atoms with Crippen LogP contribution in [-0.2, 0) is 6.50 Å². The van der Waals surface area contributed by atoms with Crippen molar-refractivity contribution in [2.45, 2.75) is 107 Å². The normalized spacial score (nSPS) is 22.4. The maximum atomic E-state index is 10.1. The monoisotopic (exact) mass is 596 g/mol. The van der Waals surface area contributed by atoms with Gasteiger partial charge in [-0.05, 0) is 106 Å². The Balaban J connectivity index is 1.86. The summed E-state index contributed by atoms with van der Waals surface area (Å²) in [6, 6.07) is 3.53. The Hall–Kier alpha value is -3.23. The van der Waals surface area contributed by atoms with Crippen LogP contribution in [-0.4, -0.2) is 11.7 Å². The van der Waals surface area contributed by atoms with Gasteiger partial charge in [-0.2, -0.15) is 4.57 Å². The molecule has 1 aromatic heterocycles. The highest BCUT2D eigenvalue weighted by Crippen LogP contribution is 2.41. The molecule has 0 spiro atoms. The van der Waals surface area contributed by atoms with E-state index < -0.39 is 13.1 Å². The van der Waals surface area contributed by atoms with Crippen LogP contribution in [0.5, 0.6) is 0 Å². The number of rotatable bonds is 11. The average molecular weight is 597 g/mol. The molecular weight excluding hydrogens is 534 g/mol. The number of aromatic nitrogens is 1. The van der Waals surface area contributed by atoms with E-state index in [1.54, 1.807) is 18.2 Å². The lowest BCUT2D eigenvalue weighted by atomic mass is 9.72. The van der Waals surface area contributed by atoms with Crippen molar-refractivity contribution in [2.75, 3.05) is 6.56 Å². The summed E-state index contributed by atoms with van der Waals surface area (Å²) in [6.45, 7) is 14.1. The lowest BCUT2D eigenvalue weighted by molar-refractivity contribution is -0.699. The Morgan fingerprint density at radius 2 is 1.36 bits per heavy atom. The van der Waals surface area contributed by atoms with Crippen LogP contribution < -0.4 is 4.57 Å². The molecule has 2 aliphatic carbocycles. The molecule has 1 heterocycles. The van der Waals surface area contributed by atoms with Crippen LogP contribution in [0.4, 0.5) is 0 Å². The van der Waals surface area contributed by atoms with Gasteiger partial charge in [0.15, 0.2) is 12.7 Å². The molecule has 0 aliphatic heterocycles. The zero-order valence-corrected chi connectivity index (χ0v) is 28.7. The number of allylic oxidation sites excluding steroid dienone is 16. The Kier molecular flexibility index (Phi) is 10.8. The molecule has 1 N–H and O–H groups in total. The molecule has 0 radical (unpaired) electrons. The van der Waals surface area contributed by atoms with Crippen LogP contribution in [0.2, 0.25) is 0 Å². The first kappa shape index (κ1) is 29.5. The van der Waals surface area contributed by atoms with E-state index in [1.165, 1.54) is 54.2 Å². The zero-order valence-electron chi connectivity index (χ0n) is 32.7. The maximum absolute atomic E-state index is 10.1. The summed E-state index contributed by atoms with van der Waals surface area (Å²) in [5, 5.41) is 10.1. The molecule has 0 amide bonds. The van der Waals surface area contributed by atoms with Gasteiger partial charge in [0.1, 0.15) is 9.30 Å². The van der Waals surface area contributed by atoms with Crippen molar-refractivity contribution in [3.05, 3.63) is 123 Å². The van der Waals surface area contributed by atoms with Crippen molar-refractivity contribution < 1.29 is 15.2 Å². The summed E-state index contributed by atoms with van der Waals surface area (Å²) < 4.78 is 33.5. The van der Waals surface area contributed by atoms with Crippen LogP contribution >= 0.6 is 0 Å². The van der Waals surface area contributed by atoms with E-state index in [0.717, 1.165) is 39.7 Å². The molecule has 0 aromatic carbocycles. The summed E-state index contributed by atoms with van der Waals surface area (Å²) in [6.07, 6.45) is 31.3. The molecule has 0 bridgehead atoms. The molecule has 1 aromatic rings. The third-order valence-electron chi connectivity index (χ3n) is 9.03. The first-order chi connectivity index (χ1) is 22.2. The van der Waals surface area contributed by atoms with Gasteiger partial charge in [0.25, 0.3) is 0 Å².